The zero-order valence-corrected chi connectivity index (χ0v) is 14.0. The first-order valence-electron chi connectivity index (χ1n) is 8.13. The first-order valence-corrected chi connectivity index (χ1v) is 9.01. The van der Waals surface area contributed by atoms with Gasteiger partial charge in [0.25, 0.3) is 0 Å². The van der Waals surface area contributed by atoms with Gasteiger partial charge in [0, 0.05) is 24.9 Å². The lowest BCUT2D eigenvalue weighted by atomic mass is 9.98. The van der Waals surface area contributed by atoms with Crippen LogP contribution in [0.3, 0.4) is 0 Å². The third-order valence-electron chi connectivity index (χ3n) is 4.31. The number of piperidine rings is 1. The first-order chi connectivity index (χ1) is 11.2. The summed E-state index contributed by atoms with van der Waals surface area (Å²) in [6, 6.07) is 10.5. The predicted molar refractivity (Wildman–Crippen MR) is 91.6 cm³/mol. The van der Waals surface area contributed by atoms with Crippen LogP contribution in [0.25, 0.3) is 0 Å². The summed E-state index contributed by atoms with van der Waals surface area (Å²) in [6.45, 7) is 2.39. The van der Waals surface area contributed by atoms with Crippen molar-refractivity contribution in [3.05, 3.63) is 52.0 Å². The van der Waals surface area contributed by atoms with E-state index in [1.165, 1.54) is 5.56 Å². The molecule has 0 bridgehead atoms. The average molecular weight is 330 g/mol. The van der Waals surface area contributed by atoms with Gasteiger partial charge in [0.05, 0.1) is 16.6 Å². The fourth-order valence-electron chi connectivity index (χ4n) is 3.06. The molecule has 2 aromatic rings. The van der Waals surface area contributed by atoms with Gasteiger partial charge >= 0.3 is 5.97 Å². The standard InChI is InChI=1S/C18H22N2O2S/c21-18(22)15-7-4-10-20(11-15)12-16-13-23-17(19-16)9-8-14-5-2-1-3-6-14/h1-3,5-6,13,15H,4,7-12H2,(H,21,22). The number of aliphatic carboxylic acids is 1. The number of nitrogens with zero attached hydrogens (tertiary/aromatic N) is 2. The molecule has 0 aliphatic carbocycles. The van der Waals surface area contributed by atoms with E-state index in [0.717, 1.165) is 49.5 Å². The SMILES string of the molecule is O=C(O)C1CCCN(Cc2csc(CCc3ccccc3)n2)C1. The molecule has 1 aromatic heterocycles. The lowest BCUT2D eigenvalue weighted by Gasteiger charge is -2.29. The Morgan fingerprint density at radius 1 is 1.30 bits per heavy atom. The molecule has 5 heteroatoms. The fraction of sp³-hybridized carbons (Fsp3) is 0.444. The van der Waals surface area contributed by atoms with E-state index in [4.69, 9.17) is 10.1 Å². The van der Waals surface area contributed by atoms with E-state index in [-0.39, 0.29) is 5.92 Å². The van der Waals surface area contributed by atoms with Gasteiger partial charge in [0.15, 0.2) is 0 Å². The molecule has 1 aromatic carbocycles. The molecule has 0 amide bonds. The summed E-state index contributed by atoms with van der Waals surface area (Å²) in [4.78, 5) is 18.1. The van der Waals surface area contributed by atoms with Gasteiger partial charge in [-0.25, -0.2) is 4.98 Å². The molecule has 23 heavy (non-hydrogen) atoms. The van der Waals surface area contributed by atoms with Crippen molar-refractivity contribution in [3.8, 4) is 0 Å². The number of benzene rings is 1. The van der Waals surface area contributed by atoms with Crippen LogP contribution < -0.4 is 0 Å². The molecule has 122 valence electrons. The predicted octanol–water partition coefficient (Wildman–Crippen LogP) is 3.22. The molecule has 0 radical (unpaired) electrons. The quantitative estimate of drug-likeness (QED) is 0.883. The van der Waals surface area contributed by atoms with E-state index in [1.807, 2.05) is 6.07 Å². The van der Waals surface area contributed by atoms with Gasteiger partial charge in [0.2, 0.25) is 0 Å². The number of thiazole rings is 1. The Hall–Kier alpha value is -1.72. The van der Waals surface area contributed by atoms with Crippen LogP contribution in [0, 0.1) is 5.92 Å². The van der Waals surface area contributed by atoms with Crippen LogP contribution in [0.15, 0.2) is 35.7 Å². The molecule has 1 saturated heterocycles. The van der Waals surface area contributed by atoms with E-state index in [2.05, 4.69) is 34.5 Å². The van der Waals surface area contributed by atoms with E-state index < -0.39 is 5.97 Å². The minimum atomic E-state index is -0.670. The second-order valence-electron chi connectivity index (χ2n) is 6.13. The van der Waals surface area contributed by atoms with E-state index in [1.54, 1.807) is 11.3 Å². The van der Waals surface area contributed by atoms with Gasteiger partial charge < -0.3 is 5.11 Å². The lowest BCUT2D eigenvalue weighted by molar-refractivity contribution is -0.143. The van der Waals surface area contributed by atoms with Gasteiger partial charge in [-0.3, -0.25) is 9.69 Å². The second-order valence-corrected chi connectivity index (χ2v) is 7.07. The third-order valence-corrected chi connectivity index (χ3v) is 5.27. The molecule has 3 rings (SSSR count). The summed E-state index contributed by atoms with van der Waals surface area (Å²) in [5.74, 6) is -0.892. The number of carboxylic acid groups (broad SMARTS) is 1. The number of carbonyl (C=O) groups is 1. The molecular formula is C18H22N2O2S. The van der Waals surface area contributed by atoms with E-state index in [0.29, 0.717) is 6.54 Å². The molecule has 1 atom stereocenters. The Morgan fingerprint density at radius 3 is 2.91 bits per heavy atom. The summed E-state index contributed by atoms with van der Waals surface area (Å²) < 4.78 is 0. The van der Waals surface area contributed by atoms with Crippen molar-refractivity contribution >= 4 is 17.3 Å². The number of aryl methyl sites for hydroxylation is 2. The van der Waals surface area contributed by atoms with E-state index >= 15 is 0 Å². The van der Waals surface area contributed by atoms with Gasteiger partial charge in [-0.1, -0.05) is 30.3 Å². The maximum Gasteiger partial charge on any atom is 0.307 e. The molecule has 1 fully saturated rings. The Labute approximate surface area is 140 Å². The molecule has 1 unspecified atom stereocenters. The molecule has 0 spiro atoms. The number of aromatic nitrogens is 1. The second kappa shape index (κ2) is 7.70. The highest BCUT2D eigenvalue weighted by Gasteiger charge is 2.25. The fourth-order valence-corrected chi connectivity index (χ4v) is 3.85. The molecular weight excluding hydrogens is 308 g/mol. The average Bonchev–Trinajstić information content (AvgIpc) is 3.01. The molecule has 1 aliphatic heterocycles. The molecule has 0 saturated carbocycles. The molecule has 1 N–H and O–H groups in total. The maximum atomic E-state index is 11.1. The smallest absolute Gasteiger partial charge is 0.307 e. The highest BCUT2D eigenvalue weighted by atomic mass is 32.1. The molecule has 4 nitrogen and oxygen atoms in total. The zero-order valence-electron chi connectivity index (χ0n) is 13.1. The highest BCUT2D eigenvalue weighted by Crippen LogP contribution is 2.20. The van der Waals surface area contributed by atoms with Crippen LogP contribution in [-0.2, 0) is 24.2 Å². The minimum Gasteiger partial charge on any atom is -0.481 e. The Kier molecular flexibility index (Phi) is 5.41. The van der Waals surface area contributed by atoms with Gasteiger partial charge in [-0.15, -0.1) is 11.3 Å². The van der Waals surface area contributed by atoms with Crippen molar-refractivity contribution in [1.29, 1.82) is 0 Å². The van der Waals surface area contributed by atoms with Crippen molar-refractivity contribution in [2.24, 2.45) is 5.92 Å². The monoisotopic (exact) mass is 330 g/mol. The van der Waals surface area contributed by atoms with E-state index in [9.17, 15) is 4.79 Å². The highest BCUT2D eigenvalue weighted by molar-refractivity contribution is 7.09. The Balaban J connectivity index is 1.52. The van der Waals surface area contributed by atoms with Gasteiger partial charge in [-0.05, 0) is 31.4 Å². The topological polar surface area (TPSA) is 53.4 Å². The van der Waals surface area contributed by atoms with Crippen LogP contribution in [0.4, 0.5) is 0 Å². The minimum absolute atomic E-state index is 0.222. The van der Waals surface area contributed by atoms with Crippen molar-refractivity contribution in [1.82, 2.24) is 9.88 Å². The molecule has 2 heterocycles. The first kappa shape index (κ1) is 16.1. The number of likely N-dealkylation sites (tertiary alicyclic amines) is 1. The Morgan fingerprint density at radius 2 is 2.13 bits per heavy atom. The number of hydrogen-bond acceptors (Lipinski definition) is 4. The van der Waals surface area contributed by atoms with Crippen molar-refractivity contribution in [2.75, 3.05) is 13.1 Å². The van der Waals surface area contributed by atoms with Crippen molar-refractivity contribution in [3.63, 3.8) is 0 Å². The van der Waals surface area contributed by atoms with Gasteiger partial charge in [-0.2, -0.15) is 0 Å². The summed E-state index contributed by atoms with van der Waals surface area (Å²) in [5, 5.41) is 12.4. The maximum absolute atomic E-state index is 11.1. The number of rotatable bonds is 6. The summed E-state index contributed by atoms with van der Waals surface area (Å²) in [6.07, 6.45) is 3.73. The zero-order chi connectivity index (χ0) is 16.1. The lowest BCUT2D eigenvalue weighted by Crippen LogP contribution is -2.38. The van der Waals surface area contributed by atoms with Gasteiger partial charge in [0.1, 0.15) is 0 Å². The van der Waals surface area contributed by atoms with Crippen LogP contribution in [0.2, 0.25) is 0 Å². The van der Waals surface area contributed by atoms with Crippen molar-refractivity contribution < 1.29 is 9.90 Å². The van der Waals surface area contributed by atoms with Crippen LogP contribution in [0.5, 0.6) is 0 Å². The molecule has 1 aliphatic rings. The summed E-state index contributed by atoms with van der Waals surface area (Å²) in [5.41, 5.74) is 2.41. The summed E-state index contributed by atoms with van der Waals surface area (Å²) >= 11 is 1.71. The van der Waals surface area contributed by atoms with Crippen molar-refractivity contribution in [2.45, 2.75) is 32.2 Å². The van der Waals surface area contributed by atoms with Crippen LogP contribution >= 0.6 is 11.3 Å². The largest absolute Gasteiger partial charge is 0.481 e. The third kappa shape index (κ3) is 4.62. The number of hydrogen-bond donors (Lipinski definition) is 1. The van der Waals surface area contributed by atoms with Crippen LogP contribution in [-0.4, -0.2) is 34.0 Å². The number of carboxylic acids is 1. The normalized spacial score (nSPS) is 18.9. The summed E-state index contributed by atoms with van der Waals surface area (Å²) in [7, 11) is 0. The van der Waals surface area contributed by atoms with Crippen LogP contribution in [0.1, 0.15) is 29.1 Å². The Bertz CT molecular complexity index is 641.